The van der Waals surface area contributed by atoms with Crippen molar-refractivity contribution in [2.75, 3.05) is 31.1 Å². The number of hydrogen-bond donors (Lipinski definition) is 0. The van der Waals surface area contributed by atoms with Gasteiger partial charge in [-0.3, -0.25) is 4.90 Å². The van der Waals surface area contributed by atoms with Crippen molar-refractivity contribution < 1.29 is 4.39 Å². The molecule has 2 aromatic rings. The minimum absolute atomic E-state index is 0.230. The van der Waals surface area contributed by atoms with Gasteiger partial charge >= 0.3 is 0 Å². The Bertz CT molecular complexity index is 604. The summed E-state index contributed by atoms with van der Waals surface area (Å²) >= 11 is 0. The van der Waals surface area contributed by atoms with Crippen molar-refractivity contribution in [3.8, 4) is 0 Å². The van der Waals surface area contributed by atoms with E-state index in [0.29, 0.717) is 6.04 Å². The number of anilines is 1. The Morgan fingerprint density at radius 2 is 1.75 bits per heavy atom. The van der Waals surface area contributed by atoms with Gasteiger partial charge in [0.25, 0.3) is 0 Å². The zero-order chi connectivity index (χ0) is 14.1. The van der Waals surface area contributed by atoms with E-state index < -0.39 is 0 Å². The molecule has 106 valence electrons. The van der Waals surface area contributed by atoms with E-state index in [1.807, 2.05) is 12.1 Å². The molecule has 1 aliphatic rings. The van der Waals surface area contributed by atoms with Crippen LogP contribution in [0, 0.1) is 5.82 Å². The van der Waals surface area contributed by atoms with Crippen LogP contribution in [-0.2, 0) is 0 Å². The van der Waals surface area contributed by atoms with E-state index in [2.05, 4.69) is 28.6 Å². The Balaban J connectivity index is 1.81. The van der Waals surface area contributed by atoms with Gasteiger partial charge in [-0.05, 0) is 38.1 Å². The second-order valence-corrected chi connectivity index (χ2v) is 5.62. The molecule has 1 fully saturated rings. The van der Waals surface area contributed by atoms with Gasteiger partial charge in [0, 0.05) is 43.7 Å². The van der Waals surface area contributed by atoms with Crippen LogP contribution in [0.2, 0.25) is 0 Å². The molecule has 1 aliphatic heterocycles. The highest BCUT2D eigenvalue weighted by Crippen LogP contribution is 2.20. The molecule has 0 aliphatic carbocycles. The van der Waals surface area contributed by atoms with Crippen LogP contribution >= 0.6 is 0 Å². The Labute approximate surface area is 119 Å². The highest BCUT2D eigenvalue weighted by Gasteiger charge is 2.19. The van der Waals surface area contributed by atoms with Crippen molar-refractivity contribution >= 4 is 16.7 Å². The predicted molar refractivity (Wildman–Crippen MR) is 80.6 cm³/mol. The molecule has 0 amide bonds. The lowest BCUT2D eigenvalue weighted by Gasteiger charge is -2.37. The Hall–Kier alpha value is -1.68. The zero-order valence-electron chi connectivity index (χ0n) is 12.0. The van der Waals surface area contributed by atoms with E-state index in [-0.39, 0.29) is 5.82 Å². The van der Waals surface area contributed by atoms with E-state index in [0.717, 1.165) is 42.9 Å². The minimum Gasteiger partial charge on any atom is -0.354 e. The average Bonchev–Trinajstić information content (AvgIpc) is 2.46. The molecule has 3 nitrogen and oxygen atoms in total. The molecular formula is C16H20FN3. The van der Waals surface area contributed by atoms with Gasteiger partial charge < -0.3 is 4.90 Å². The molecular weight excluding hydrogens is 253 g/mol. The third kappa shape index (κ3) is 2.61. The topological polar surface area (TPSA) is 19.4 Å². The number of fused-ring (bicyclic) bond motifs is 1. The fourth-order valence-electron chi connectivity index (χ4n) is 2.72. The molecule has 1 saturated heterocycles. The summed E-state index contributed by atoms with van der Waals surface area (Å²) in [6.45, 7) is 8.53. The van der Waals surface area contributed by atoms with Crippen LogP contribution in [0.3, 0.4) is 0 Å². The second kappa shape index (κ2) is 5.37. The molecule has 0 N–H and O–H groups in total. The van der Waals surface area contributed by atoms with Crippen LogP contribution in [0.5, 0.6) is 0 Å². The van der Waals surface area contributed by atoms with E-state index in [1.54, 1.807) is 6.07 Å². The van der Waals surface area contributed by atoms with Crippen molar-refractivity contribution in [1.82, 2.24) is 9.88 Å². The number of aromatic nitrogens is 1. The maximum absolute atomic E-state index is 13.3. The summed E-state index contributed by atoms with van der Waals surface area (Å²) < 4.78 is 13.3. The van der Waals surface area contributed by atoms with Gasteiger partial charge in [-0.2, -0.15) is 0 Å². The predicted octanol–water partition coefficient (Wildman–Crippen LogP) is 2.90. The molecule has 1 aromatic carbocycles. The van der Waals surface area contributed by atoms with Crippen molar-refractivity contribution in [3.05, 3.63) is 36.1 Å². The fourth-order valence-corrected chi connectivity index (χ4v) is 2.72. The molecule has 4 heteroatoms. The Morgan fingerprint density at radius 1 is 1.05 bits per heavy atom. The number of benzene rings is 1. The Kier molecular flexibility index (Phi) is 3.57. The minimum atomic E-state index is -0.230. The molecule has 0 radical (unpaired) electrons. The highest BCUT2D eigenvalue weighted by molar-refractivity contribution is 5.80. The molecule has 2 heterocycles. The van der Waals surface area contributed by atoms with Crippen LogP contribution in [0.4, 0.5) is 10.2 Å². The molecule has 0 atom stereocenters. The third-order valence-corrected chi connectivity index (χ3v) is 4.01. The van der Waals surface area contributed by atoms with E-state index in [4.69, 9.17) is 0 Å². The average molecular weight is 273 g/mol. The lowest BCUT2D eigenvalue weighted by atomic mass is 10.2. The monoisotopic (exact) mass is 273 g/mol. The zero-order valence-corrected chi connectivity index (χ0v) is 12.0. The van der Waals surface area contributed by atoms with Gasteiger partial charge in [-0.25, -0.2) is 9.37 Å². The number of halogens is 1. The van der Waals surface area contributed by atoms with Crippen LogP contribution in [0.25, 0.3) is 10.9 Å². The van der Waals surface area contributed by atoms with E-state index >= 15 is 0 Å². The highest BCUT2D eigenvalue weighted by atomic mass is 19.1. The first-order valence-electron chi connectivity index (χ1n) is 7.19. The van der Waals surface area contributed by atoms with Crippen LogP contribution in [0.15, 0.2) is 30.3 Å². The summed E-state index contributed by atoms with van der Waals surface area (Å²) in [7, 11) is 0. The van der Waals surface area contributed by atoms with Crippen LogP contribution in [0.1, 0.15) is 13.8 Å². The van der Waals surface area contributed by atoms with Gasteiger partial charge in [-0.15, -0.1) is 0 Å². The van der Waals surface area contributed by atoms with Gasteiger partial charge in [0.15, 0.2) is 0 Å². The van der Waals surface area contributed by atoms with Gasteiger partial charge in [0.05, 0.1) is 5.52 Å². The smallest absolute Gasteiger partial charge is 0.129 e. The number of hydrogen-bond acceptors (Lipinski definition) is 3. The van der Waals surface area contributed by atoms with Crippen molar-refractivity contribution in [2.45, 2.75) is 19.9 Å². The summed E-state index contributed by atoms with van der Waals surface area (Å²) in [5.74, 6) is 0.721. The first-order valence-corrected chi connectivity index (χ1v) is 7.19. The summed E-state index contributed by atoms with van der Waals surface area (Å²) in [5.41, 5.74) is 0.730. The summed E-state index contributed by atoms with van der Waals surface area (Å²) in [4.78, 5) is 9.35. The second-order valence-electron chi connectivity index (χ2n) is 5.62. The first-order chi connectivity index (χ1) is 9.63. The van der Waals surface area contributed by atoms with Crippen LogP contribution < -0.4 is 4.90 Å². The fraction of sp³-hybridized carbons (Fsp3) is 0.438. The number of nitrogens with zero attached hydrogens (tertiary/aromatic N) is 3. The lowest BCUT2D eigenvalue weighted by molar-refractivity contribution is 0.209. The maximum Gasteiger partial charge on any atom is 0.129 e. The third-order valence-electron chi connectivity index (χ3n) is 4.01. The normalized spacial score (nSPS) is 17.1. The van der Waals surface area contributed by atoms with E-state index in [1.165, 1.54) is 12.1 Å². The molecule has 1 aromatic heterocycles. The summed E-state index contributed by atoms with van der Waals surface area (Å²) in [6.07, 6.45) is 0. The van der Waals surface area contributed by atoms with Crippen molar-refractivity contribution in [3.63, 3.8) is 0 Å². The van der Waals surface area contributed by atoms with Gasteiger partial charge in [0.2, 0.25) is 0 Å². The molecule has 0 unspecified atom stereocenters. The largest absolute Gasteiger partial charge is 0.354 e. The Morgan fingerprint density at radius 3 is 2.45 bits per heavy atom. The lowest BCUT2D eigenvalue weighted by Crippen LogP contribution is -2.49. The quantitative estimate of drug-likeness (QED) is 0.838. The molecule has 20 heavy (non-hydrogen) atoms. The number of rotatable bonds is 2. The molecule has 0 saturated carbocycles. The SMILES string of the molecule is CC(C)N1CCN(c2ccc3ccc(F)cc3n2)CC1. The van der Waals surface area contributed by atoms with E-state index in [9.17, 15) is 4.39 Å². The summed E-state index contributed by atoms with van der Waals surface area (Å²) in [6, 6.07) is 9.40. The molecule has 0 spiro atoms. The van der Waals surface area contributed by atoms with Crippen molar-refractivity contribution in [1.29, 1.82) is 0 Å². The summed E-state index contributed by atoms with van der Waals surface area (Å²) in [5, 5.41) is 0.982. The van der Waals surface area contributed by atoms with Gasteiger partial charge in [-0.1, -0.05) is 0 Å². The first kappa shape index (κ1) is 13.3. The molecule has 0 bridgehead atoms. The van der Waals surface area contributed by atoms with Crippen LogP contribution in [-0.4, -0.2) is 42.1 Å². The number of pyridine rings is 1. The molecule has 3 rings (SSSR count). The van der Waals surface area contributed by atoms with Crippen molar-refractivity contribution in [2.24, 2.45) is 0 Å². The van der Waals surface area contributed by atoms with Gasteiger partial charge in [0.1, 0.15) is 11.6 Å². The standard InChI is InChI=1S/C16H20FN3/c1-12(2)19-7-9-20(10-8-19)16-6-4-13-3-5-14(17)11-15(13)18-16/h3-6,11-12H,7-10H2,1-2H3. The maximum atomic E-state index is 13.3. The number of piperazine rings is 1.